The molecular formula is C17H18BrNO2. The fraction of sp³-hybridized carbons (Fsp3) is 0.294. The second-order valence-electron chi connectivity index (χ2n) is 5.26. The van der Waals surface area contributed by atoms with Gasteiger partial charge in [-0.1, -0.05) is 12.1 Å². The minimum absolute atomic E-state index is 0.187. The van der Waals surface area contributed by atoms with Gasteiger partial charge in [-0.25, -0.2) is 0 Å². The van der Waals surface area contributed by atoms with E-state index in [4.69, 9.17) is 15.2 Å². The fourth-order valence-electron chi connectivity index (χ4n) is 2.68. The van der Waals surface area contributed by atoms with Crippen LogP contribution in [0, 0.1) is 0 Å². The SMILES string of the molecule is COc1ccc(COc2ccc3c(c2)CCC3N)cc1Br. The molecule has 1 atom stereocenters. The average molecular weight is 348 g/mol. The second kappa shape index (κ2) is 6.08. The van der Waals surface area contributed by atoms with Crippen molar-refractivity contribution in [1.29, 1.82) is 0 Å². The summed E-state index contributed by atoms with van der Waals surface area (Å²) in [5.41, 5.74) is 9.72. The van der Waals surface area contributed by atoms with Crippen molar-refractivity contribution in [3.05, 3.63) is 57.6 Å². The summed E-state index contributed by atoms with van der Waals surface area (Å²) in [4.78, 5) is 0. The normalized spacial score (nSPS) is 16.6. The Hall–Kier alpha value is -1.52. The van der Waals surface area contributed by atoms with E-state index in [1.54, 1.807) is 7.11 Å². The predicted molar refractivity (Wildman–Crippen MR) is 86.7 cm³/mol. The number of methoxy groups -OCH3 is 1. The molecule has 2 aromatic rings. The van der Waals surface area contributed by atoms with Crippen LogP contribution < -0.4 is 15.2 Å². The van der Waals surface area contributed by atoms with Gasteiger partial charge < -0.3 is 15.2 Å². The van der Waals surface area contributed by atoms with Crippen LogP contribution in [0.25, 0.3) is 0 Å². The van der Waals surface area contributed by atoms with Gasteiger partial charge in [-0.2, -0.15) is 0 Å². The van der Waals surface area contributed by atoms with Crippen LogP contribution >= 0.6 is 15.9 Å². The minimum Gasteiger partial charge on any atom is -0.496 e. The molecule has 0 aliphatic heterocycles. The van der Waals surface area contributed by atoms with Gasteiger partial charge in [0.15, 0.2) is 0 Å². The summed E-state index contributed by atoms with van der Waals surface area (Å²) in [6.45, 7) is 0.535. The first kappa shape index (κ1) is 14.4. The second-order valence-corrected chi connectivity index (χ2v) is 6.12. The molecule has 2 N–H and O–H groups in total. The van der Waals surface area contributed by atoms with Crippen LogP contribution in [0.2, 0.25) is 0 Å². The van der Waals surface area contributed by atoms with Crippen molar-refractivity contribution < 1.29 is 9.47 Å². The Morgan fingerprint density at radius 1 is 1.24 bits per heavy atom. The fourth-order valence-corrected chi connectivity index (χ4v) is 3.27. The van der Waals surface area contributed by atoms with E-state index in [9.17, 15) is 0 Å². The molecule has 0 saturated heterocycles. The predicted octanol–water partition coefficient (Wildman–Crippen LogP) is 3.98. The molecule has 21 heavy (non-hydrogen) atoms. The highest BCUT2D eigenvalue weighted by Gasteiger charge is 2.19. The molecule has 110 valence electrons. The zero-order valence-corrected chi connectivity index (χ0v) is 13.5. The molecule has 1 unspecified atom stereocenters. The molecule has 1 aliphatic rings. The summed E-state index contributed by atoms with van der Waals surface area (Å²) < 4.78 is 12.0. The van der Waals surface area contributed by atoms with Gasteiger partial charge in [0.2, 0.25) is 0 Å². The summed E-state index contributed by atoms with van der Waals surface area (Å²) in [5.74, 6) is 1.72. The lowest BCUT2D eigenvalue weighted by Crippen LogP contribution is -2.05. The van der Waals surface area contributed by atoms with E-state index in [1.807, 2.05) is 24.3 Å². The summed E-state index contributed by atoms with van der Waals surface area (Å²) in [5, 5.41) is 0. The molecule has 1 aliphatic carbocycles. The Morgan fingerprint density at radius 2 is 2.10 bits per heavy atom. The van der Waals surface area contributed by atoms with Crippen molar-refractivity contribution in [2.75, 3.05) is 7.11 Å². The Labute approximate surface area is 133 Å². The molecule has 3 rings (SSSR count). The molecule has 0 radical (unpaired) electrons. The van der Waals surface area contributed by atoms with Crippen LogP contribution in [0.3, 0.4) is 0 Å². The maximum atomic E-state index is 6.05. The smallest absolute Gasteiger partial charge is 0.133 e. The number of hydrogen-bond donors (Lipinski definition) is 1. The van der Waals surface area contributed by atoms with E-state index in [1.165, 1.54) is 11.1 Å². The van der Waals surface area contributed by atoms with E-state index in [0.717, 1.165) is 34.4 Å². The van der Waals surface area contributed by atoms with Gasteiger partial charge in [0.1, 0.15) is 18.1 Å². The summed E-state index contributed by atoms with van der Waals surface area (Å²) in [6, 6.07) is 12.3. The van der Waals surface area contributed by atoms with Crippen LogP contribution in [0.1, 0.15) is 29.2 Å². The number of ether oxygens (including phenoxy) is 2. The average Bonchev–Trinajstić information content (AvgIpc) is 2.86. The molecular weight excluding hydrogens is 330 g/mol. The van der Waals surface area contributed by atoms with E-state index >= 15 is 0 Å². The highest BCUT2D eigenvalue weighted by molar-refractivity contribution is 9.10. The van der Waals surface area contributed by atoms with Crippen LogP contribution in [0.15, 0.2) is 40.9 Å². The van der Waals surface area contributed by atoms with Gasteiger partial charge in [-0.3, -0.25) is 0 Å². The Bertz CT molecular complexity index is 657. The van der Waals surface area contributed by atoms with E-state index in [-0.39, 0.29) is 6.04 Å². The van der Waals surface area contributed by atoms with Crippen molar-refractivity contribution >= 4 is 15.9 Å². The van der Waals surface area contributed by atoms with Crippen molar-refractivity contribution in [1.82, 2.24) is 0 Å². The maximum absolute atomic E-state index is 6.05. The van der Waals surface area contributed by atoms with Gasteiger partial charge in [0.05, 0.1) is 11.6 Å². The Kier molecular flexibility index (Phi) is 4.17. The monoisotopic (exact) mass is 347 g/mol. The first-order valence-corrected chi connectivity index (χ1v) is 7.80. The molecule has 2 aromatic carbocycles. The summed E-state index contributed by atoms with van der Waals surface area (Å²) in [7, 11) is 1.66. The zero-order chi connectivity index (χ0) is 14.8. The van der Waals surface area contributed by atoms with Crippen molar-refractivity contribution in [2.45, 2.75) is 25.5 Å². The van der Waals surface area contributed by atoms with Crippen LogP contribution in [0.5, 0.6) is 11.5 Å². The molecule has 4 heteroatoms. The van der Waals surface area contributed by atoms with E-state index < -0.39 is 0 Å². The van der Waals surface area contributed by atoms with Gasteiger partial charge >= 0.3 is 0 Å². The number of hydrogen-bond acceptors (Lipinski definition) is 3. The van der Waals surface area contributed by atoms with Crippen molar-refractivity contribution in [3.8, 4) is 11.5 Å². The molecule has 0 bridgehead atoms. The number of benzene rings is 2. The Morgan fingerprint density at radius 3 is 2.86 bits per heavy atom. The van der Waals surface area contributed by atoms with Crippen LogP contribution in [-0.4, -0.2) is 7.11 Å². The first-order valence-electron chi connectivity index (χ1n) is 7.01. The first-order chi connectivity index (χ1) is 10.2. The van der Waals surface area contributed by atoms with Crippen molar-refractivity contribution in [3.63, 3.8) is 0 Å². The van der Waals surface area contributed by atoms with Crippen LogP contribution in [-0.2, 0) is 13.0 Å². The molecule has 0 fully saturated rings. The standard InChI is InChI=1S/C17H18BrNO2/c1-20-17-7-2-11(8-15(17)18)10-21-13-4-5-14-12(9-13)3-6-16(14)19/h2,4-5,7-9,16H,3,6,10,19H2,1H3. The van der Waals surface area contributed by atoms with Gasteiger partial charge in [0.25, 0.3) is 0 Å². The lowest BCUT2D eigenvalue weighted by molar-refractivity contribution is 0.305. The lowest BCUT2D eigenvalue weighted by atomic mass is 10.1. The third-order valence-electron chi connectivity index (χ3n) is 3.86. The molecule has 3 nitrogen and oxygen atoms in total. The number of fused-ring (bicyclic) bond motifs is 1. The highest BCUT2D eigenvalue weighted by Crippen LogP contribution is 2.32. The zero-order valence-electron chi connectivity index (χ0n) is 11.9. The topological polar surface area (TPSA) is 44.5 Å². The number of nitrogens with two attached hydrogens (primary N) is 1. The number of aryl methyl sites for hydroxylation is 1. The van der Waals surface area contributed by atoms with Crippen molar-refractivity contribution in [2.24, 2.45) is 5.73 Å². The molecule has 0 amide bonds. The third kappa shape index (κ3) is 3.06. The number of halogens is 1. The van der Waals surface area contributed by atoms with Gasteiger partial charge in [-0.05, 0) is 69.7 Å². The van der Waals surface area contributed by atoms with E-state index in [2.05, 4.69) is 28.1 Å². The molecule has 0 spiro atoms. The maximum Gasteiger partial charge on any atom is 0.133 e. The largest absolute Gasteiger partial charge is 0.496 e. The lowest BCUT2D eigenvalue weighted by Gasteiger charge is -2.10. The summed E-state index contributed by atoms with van der Waals surface area (Å²) >= 11 is 3.49. The third-order valence-corrected chi connectivity index (χ3v) is 4.48. The minimum atomic E-state index is 0.187. The Balaban J connectivity index is 1.69. The van der Waals surface area contributed by atoms with Gasteiger partial charge in [0, 0.05) is 6.04 Å². The summed E-state index contributed by atoms with van der Waals surface area (Å²) in [6.07, 6.45) is 2.08. The molecule has 0 aromatic heterocycles. The van der Waals surface area contributed by atoms with Crippen LogP contribution in [0.4, 0.5) is 0 Å². The highest BCUT2D eigenvalue weighted by atomic mass is 79.9. The van der Waals surface area contributed by atoms with Gasteiger partial charge in [-0.15, -0.1) is 0 Å². The molecule has 0 saturated carbocycles. The quantitative estimate of drug-likeness (QED) is 0.909. The number of rotatable bonds is 4. The molecule has 0 heterocycles. The van der Waals surface area contributed by atoms with E-state index in [0.29, 0.717) is 6.61 Å².